The number of aromatic nitrogens is 1. The monoisotopic (exact) mass is 355 g/mol. The molecule has 1 aromatic carbocycles. The number of nitrogens with zero attached hydrogens (tertiary/aromatic N) is 2. The Morgan fingerprint density at radius 3 is 2.96 bits per heavy atom. The fraction of sp³-hybridized carbons (Fsp3) is 0.316. The van der Waals surface area contributed by atoms with Gasteiger partial charge in [0.25, 0.3) is 0 Å². The summed E-state index contributed by atoms with van der Waals surface area (Å²) in [6, 6.07) is 10.7. The van der Waals surface area contributed by atoms with Crippen LogP contribution < -0.4 is 16.0 Å². The molecule has 1 aromatic heterocycles. The molecular weight excluding hydrogens is 333 g/mol. The lowest BCUT2D eigenvalue weighted by atomic mass is 9.90. The second-order valence-electron chi connectivity index (χ2n) is 6.04. The number of halogens is 1. The summed E-state index contributed by atoms with van der Waals surface area (Å²) in [7, 11) is 0. The lowest BCUT2D eigenvalue weighted by molar-refractivity contribution is -0.116. The van der Waals surface area contributed by atoms with Crippen molar-refractivity contribution in [2.24, 2.45) is 4.99 Å². The average Bonchev–Trinajstić information content (AvgIpc) is 2.64. The van der Waals surface area contributed by atoms with E-state index in [-0.39, 0.29) is 24.2 Å². The van der Waals surface area contributed by atoms with Crippen LogP contribution in [0.25, 0.3) is 0 Å². The lowest BCUT2D eigenvalue weighted by Gasteiger charge is -2.26. The van der Waals surface area contributed by atoms with Crippen LogP contribution in [0.3, 0.4) is 0 Å². The van der Waals surface area contributed by atoms with Gasteiger partial charge in [-0.05, 0) is 30.7 Å². The molecule has 1 amide bonds. The smallest absolute Gasteiger partial charge is 0.225 e. The Morgan fingerprint density at radius 1 is 1.31 bits per heavy atom. The molecule has 7 heteroatoms. The van der Waals surface area contributed by atoms with Crippen LogP contribution in [-0.4, -0.2) is 29.9 Å². The zero-order chi connectivity index (χ0) is 18.4. The van der Waals surface area contributed by atoms with Crippen molar-refractivity contribution in [1.29, 1.82) is 0 Å². The van der Waals surface area contributed by atoms with E-state index in [1.807, 2.05) is 31.2 Å². The molecule has 6 nitrogen and oxygen atoms in total. The molecule has 1 aliphatic heterocycles. The molecule has 0 fully saturated rings. The number of carbonyl (C=O) groups excluding carboxylic acids is 1. The van der Waals surface area contributed by atoms with Crippen molar-refractivity contribution in [2.45, 2.75) is 25.8 Å². The zero-order valence-electron chi connectivity index (χ0n) is 14.6. The van der Waals surface area contributed by atoms with Gasteiger partial charge in [-0.15, -0.1) is 0 Å². The van der Waals surface area contributed by atoms with Gasteiger partial charge in [-0.2, -0.15) is 0 Å². The summed E-state index contributed by atoms with van der Waals surface area (Å²) < 4.78 is 13.7. The third-order valence-electron chi connectivity index (χ3n) is 4.19. The molecule has 2 aromatic rings. The molecule has 1 aliphatic rings. The molecule has 0 saturated heterocycles. The molecule has 0 saturated carbocycles. The highest BCUT2D eigenvalue weighted by atomic mass is 19.1. The maximum Gasteiger partial charge on any atom is 0.225 e. The van der Waals surface area contributed by atoms with Crippen LogP contribution in [0.15, 0.2) is 47.6 Å². The predicted octanol–water partition coefficient (Wildman–Crippen LogP) is 2.40. The number of rotatable bonds is 5. The lowest BCUT2D eigenvalue weighted by Crippen LogP contribution is -2.40. The Bertz CT molecular complexity index is 808. The number of benzene rings is 1. The first kappa shape index (κ1) is 17.8. The second kappa shape index (κ2) is 8.42. The Balaban J connectivity index is 1.68. The summed E-state index contributed by atoms with van der Waals surface area (Å²) in [4.78, 5) is 20.3. The number of hydrogen-bond donors (Lipinski definition) is 3. The molecule has 3 N–H and O–H groups in total. The topological polar surface area (TPSA) is 78.4 Å². The van der Waals surface area contributed by atoms with Crippen LogP contribution in [0.1, 0.15) is 30.5 Å². The van der Waals surface area contributed by atoms with E-state index in [1.54, 1.807) is 12.3 Å². The number of guanidine groups is 1. The Morgan fingerprint density at radius 2 is 2.15 bits per heavy atom. The summed E-state index contributed by atoms with van der Waals surface area (Å²) >= 11 is 0. The minimum Gasteiger partial charge on any atom is -0.357 e. The minimum atomic E-state index is -0.370. The van der Waals surface area contributed by atoms with E-state index in [2.05, 4.69) is 25.9 Å². The van der Waals surface area contributed by atoms with E-state index in [0.717, 1.165) is 11.3 Å². The normalized spacial score (nSPS) is 16.6. The van der Waals surface area contributed by atoms with Crippen LogP contribution in [-0.2, 0) is 11.3 Å². The van der Waals surface area contributed by atoms with Crippen molar-refractivity contribution in [3.05, 3.63) is 59.7 Å². The summed E-state index contributed by atoms with van der Waals surface area (Å²) in [6.07, 6.45) is 1.96. The van der Waals surface area contributed by atoms with Gasteiger partial charge < -0.3 is 16.0 Å². The Kier molecular flexibility index (Phi) is 5.78. The van der Waals surface area contributed by atoms with Crippen molar-refractivity contribution in [3.63, 3.8) is 0 Å². The van der Waals surface area contributed by atoms with Crippen LogP contribution >= 0.6 is 0 Å². The van der Waals surface area contributed by atoms with Crippen molar-refractivity contribution < 1.29 is 9.18 Å². The second-order valence-corrected chi connectivity index (χ2v) is 6.04. The fourth-order valence-electron chi connectivity index (χ4n) is 2.93. The number of aliphatic imine (C=N–C) groups is 1. The van der Waals surface area contributed by atoms with Crippen LogP contribution in [0.4, 0.5) is 10.1 Å². The number of pyridine rings is 1. The van der Waals surface area contributed by atoms with Crippen LogP contribution in [0.5, 0.6) is 0 Å². The summed E-state index contributed by atoms with van der Waals surface area (Å²) in [5.74, 6) is 0.259. The average molecular weight is 355 g/mol. The highest BCUT2D eigenvalue weighted by Crippen LogP contribution is 2.31. The summed E-state index contributed by atoms with van der Waals surface area (Å²) in [5.41, 5.74) is 2.26. The molecule has 0 bridgehead atoms. The quantitative estimate of drug-likeness (QED) is 0.568. The van der Waals surface area contributed by atoms with Gasteiger partial charge in [-0.25, -0.2) is 9.38 Å². The molecule has 0 spiro atoms. The van der Waals surface area contributed by atoms with Gasteiger partial charge >= 0.3 is 0 Å². The SMILES string of the molecule is CCNC(=NCc1ncccc1F)NCC1CC(=O)Nc2ccccc21. The van der Waals surface area contributed by atoms with Gasteiger partial charge in [0, 0.05) is 37.3 Å². The van der Waals surface area contributed by atoms with Gasteiger partial charge in [-0.3, -0.25) is 9.78 Å². The van der Waals surface area contributed by atoms with E-state index < -0.39 is 0 Å². The summed E-state index contributed by atoms with van der Waals surface area (Å²) in [5, 5.41) is 9.28. The number of fused-ring (bicyclic) bond motifs is 1. The first-order chi connectivity index (χ1) is 12.7. The predicted molar refractivity (Wildman–Crippen MR) is 99.4 cm³/mol. The van der Waals surface area contributed by atoms with Gasteiger partial charge in [-0.1, -0.05) is 18.2 Å². The van der Waals surface area contributed by atoms with E-state index >= 15 is 0 Å². The van der Waals surface area contributed by atoms with Crippen LogP contribution in [0.2, 0.25) is 0 Å². The van der Waals surface area contributed by atoms with E-state index in [9.17, 15) is 9.18 Å². The highest BCUT2D eigenvalue weighted by molar-refractivity contribution is 5.94. The molecule has 0 radical (unpaired) electrons. The van der Waals surface area contributed by atoms with Crippen molar-refractivity contribution in [2.75, 3.05) is 18.4 Å². The largest absolute Gasteiger partial charge is 0.357 e. The van der Waals surface area contributed by atoms with Crippen LogP contribution in [0, 0.1) is 5.82 Å². The minimum absolute atomic E-state index is 0.00740. The number of anilines is 1. The van der Waals surface area contributed by atoms with E-state index in [4.69, 9.17) is 0 Å². The van der Waals surface area contributed by atoms with Gasteiger partial charge in [0.1, 0.15) is 5.82 Å². The third kappa shape index (κ3) is 4.36. The van der Waals surface area contributed by atoms with Crippen molar-refractivity contribution >= 4 is 17.6 Å². The first-order valence-corrected chi connectivity index (χ1v) is 8.67. The molecule has 0 aliphatic carbocycles. The number of para-hydroxylation sites is 1. The van der Waals surface area contributed by atoms with Crippen molar-refractivity contribution in [1.82, 2.24) is 15.6 Å². The maximum atomic E-state index is 13.7. The van der Waals surface area contributed by atoms with E-state index in [0.29, 0.717) is 31.2 Å². The third-order valence-corrected chi connectivity index (χ3v) is 4.19. The van der Waals surface area contributed by atoms with Crippen molar-refractivity contribution in [3.8, 4) is 0 Å². The number of carbonyl (C=O) groups is 1. The fourth-order valence-corrected chi connectivity index (χ4v) is 2.93. The number of nitrogens with one attached hydrogen (secondary N) is 3. The number of hydrogen-bond acceptors (Lipinski definition) is 3. The number of amides is 1. The van der Waals surface area contributed by atoms with Gasteiger partial charge in [0.05, 0.1) is 12.2 Å². The molecule has 1 atom stereocenters. The Hall–Kier alpha value is -2.96. The molecule has 136 valence electrons. The first-order valence-electron chi connectivity index (χ1n) is 8.67. The molecular formula is C19H22FN5O. The molecule has 1 unspecified atom stereocenters. The zero-order valence-corrected chi connectivity index (χ0v) is 14.6. The molecule has 3 rings (SSSR count). The molecule has 2 heterocycles. The summed E-state index contributed by atoms with van der Waals surface area (Å²) in [6.45, 7) is 3.34. The van der Waals surface area contributed by atoms with Gasteiger partial charge in [0.15, 0.2) is 5.96 Å². The standard InChI is InChI=1S/C19H22FN5O/c1-2-21-19(24-12-17-15(20)7-5-9-22-17)23-11-13-10-18(26)25-16-8-4-3-6-14(13)16/h3-9,13H,2,10-12H2,1H3,(H,25,26)(H2,21,23,24). The molecule has 26 heavy (non-hydrogen) atoms. The van der Waals surface area contributed by atoms with Gasteiger partial charge in [0.2, 0.25) is 5.91 Å². The maximum absolute atomic E-state index is 13.7. The highest BCUT2D eigenvalue weighted by Gasteiger charge is 2.24. The van der Waals surface area contributed by atoms with E-state index in [1.165, 1.54) is 6.07 Å². The Labute approximate surface area is 151 Å².